The smallest absolute Gasteiger partial charge is 0.280 e. The zero-order valence-electron chi connectivity index (χ0n) is 7.54. The number of halogens is 5. The molecule has 0 saturated heterocycles. The third-order valence-corrected chi connectivity index (χ3v) is 2.29. The van der Waals surface area contributed by atoms with Gasteiger partial charge in [0.1, 0.15) is 11.6 Å². The van der Waals surface area contributed by atoms with E-state index < -0.39 is 29.5 Å². The van der Waals surface area contributed by atoms with Gasteiger partial charge >= 0.3 is 0 Å². The Bertz CT molecular complexity index is 344. The van der Waals surface area contributed by atoms with E-state index in [1.807, 2.05) is 0 Å². The molecule has 0 aromatic heterocycles. The molecule has 84 valence electrons. The molecule has 0 fully saturated rings. The van der Waals surface area contributed by atoms with E-state index in [-0.39, 0.29) is 11.0 Å². The molecule has 15 heavy (non-hydrogen) atoms. The summed E-state index contributed by atoms with van der Waals surface area (Å²) in [6.07, 6.45) is -0.789. The Balaban J connectivity index is 3.24. The summed E-state index contributed by atoms with van der Waals surface area (Å²) in [4.78, 5) is 0. The van der Waals surface area contributed by atoms with Crippen LogP contribution in [0, 0.1) is 11.6 Å². The molecule has 1 rings (SSSR count). The van der Waals surface area contributed by atoms with Crippen LogP contribution in [0.2, 0.25) is 0 Å². The molecule has 0 radical (unpaired) electrons. The fraction of sp³-hybridized carbons (Fsp3) is 0.333. The number of alkyl halides is 2. The first-order valence-corrected chi connectivity index (χ1v) is 4.90. The molecule has 2 N–H and O–H groups in total. The minimum absolute atomic E-state index is 0.0739. The highest BCUT2D eigenvalue weighted by Crippen LogP contribution is 2.36. The third-order valence-electron chi connectivity index (χ3n) is 1.83. The van der Waals surface area contributed by atoms with E-state index in [1.54, 1.807) is 0 Å². The Hall–Kier alpha value is -0.620. The molecule has 0 amide bonds. The van der Waals surface area contributed by atoms with Crippen LogP contribution in [-0.2, 0) is 5.92 Å². The van der Waals surface area contributed by atoms with Gasteiger partial charge < -0.3 is 5.73 Å². The van der Waals surface area contributed by atoms with Gasteiger partial charge in [0.2, 0.25) is 0 Å². The fourth-order valence-corrected chi connectivity index (χ4v) is 1.60. The van der Waals surface area contributed by atoms with Gasteiger partial charge in [-0.05, 0) is 18.7 Å². The number of hydrogen-bond donors (Lipinski definition) is 1. The van der Waals surface area contributed by atoms with Gasteiger partial charge in [0.25, 0.3) is 5.92 Å². The van der Waals surface area contributed by atoms with Crippen LogP contribution in [0.5, 0.6) is 0 Å². The summed E-state index contributed by atoms with van der Waals surface area (Å²) in [7, 11) is 0. The molecular formula is C9H8BrF4N. The van der Waals surface area contributed by atoms with Crippen LogP contribution in [0.15, 0.2) is 16.6 Å². The average Bonchev–Trinajstić information content (AvgIpc) is 1.99. The highest BCUT2D eigenvalue weighted by molar-refractivity contribution is 9.10. The Morgan fingerprint density at radius 1 is 1.20 bits per heavy atom. The minimum Gasteiger partial charge on any atom is -0.330 e. The van der Waals surface area contributed by atoms with Crippen molar-refractivity contribution in [3.63, 3.8) is 0 Å². The molecule has 1 nitrogen and oxygen atoms in total. The maximum Gasteiger partial charge on any atom is 0.280 e. The molecule has 0 atom stereocenters. The fourth-order valence-electron chi connectivity index (χ4n) is 1.20. The second-order valence-electron chi connectivity index (χ2n) is 2.99. The van der Waals surface area contributed by atoms with Crippen molar-refractivity contribution in [3.8, 4) is 0 Å². The van der Waals surface area contributed by atoms with E-state index in [0.717, 1.165) is 12.1 Å². The van der Waals surface area contributed by atoms with Crippen molar-refractivity contribution in [1.29, 1.82) is 0 Å². The van der Waals surface area contributed by atoms with Crippen LogP contribution < -0.4 is 5.73 Å². The van der Waals surface area contributed by atoms with E-state index in [1.165, 1.54) is 0 Å². The lowest BCUT2D eigenvalue weighted by Crippen LogP contribution is -2.21. The summed E-state index contributed by atoms with van der Waals surface area (Å²) in [5.41, 5.74) is 3.72. The Kier molecular flexibility index (Phi) is 3.72. The first-order valence-electron chi connectivity index (χ1n) is 4.11. The van der Waals surface area contributed by atoms with Crippen LogP contribution in [0.25, 0.3) is 0 Å². The Morgan fingerprint density at radius 3 is 2.07 bits per heavy atom. The Morgan fingerprint density at radius 2 is 1.67 bits per heavy atom. The van der Waals surface area contributed by atoms with Crippen molar-refractivity contribution in [2.24, 2.45) is 5.73 Å². The van der Waals surface area contributed by atoms with Crippen LogP contribution in [0.4, 0.5) is 17.6 Å². The molecular weight excluding hydrogens is 278 g/mol. The lowest BCUT2D eigenvalue weighted by Gasteiger charge is -2.17. The highest BCUT2D eigenvalue weighted by atomic mass is 79.9. The molecule has 0 heterocycles. The number of nitrogens with two attached hydrogens (primary N) is 1. The van der Waals surface area contributed by atoms with Gasteiger partial charge in [0.15, 0.2) is 0 Å². The van der Waals surface area contributed by atoms with Crippen molar-refractivity contribution in [3.05, 3.63) is 33.8 Å². The number of rotatable bonds is 3. The largest absolute Gasteiger partial charge is 0.330 e. The van der Waals surface area contributed by atoms with Crippen LogP contribution >= 0.6 is 15.9 Å². The normalized spacial score (nSPS) is 11.9. The van der Waals surface area contributed by atoms with E-state index in [0.29, 0.717) is 0 Å². The van der Waals surface area contributed by atoms with E-state index in [2.05, 4.69) is 15.9 Å². The van der Waals surface area contributed by atoms with Crippen molar-refractivity contribution < 1.29 is 17.6 Å². The van der Waals surface area contributed by atoms with Crippen LogP contribution in [0.3, 0.4) is 0 Å². The number of benzene rings is 1. The third kappa shape index (κ3) is 2.69. The lowest BCUT2D eigenvalue weighted by molar-refractivity contribution is -0.0176. The van der Waals surface area contributed by atoms with Crippen LogP contribution in [-0.4, -0.2) is 6.54 Å². The second kappa shape index (κ2) is 4.49. The van der Waals surface area contributed by atoms with Gasteiger partial charge in [-0.15, -0.1) is 0 Å². The maximum atomic E-state index is 13.2. The van der Waals surface area contributed by atoms with Gasteiger partial charge in [-0.3, -0.25) is 0 Å². The zero-order valence-corrected chi connectivity index (χ0v) is 9.12. The van der Waals surface area contributed by atoms with Gasteiger partial charge in [0, 0.05) is 10.9 Å². The van der Waals surface area contributed by atoms with Crippen molar-refractivity contribution in [2.75, 3.05) is 6.54 Å². The quantitative estimate of drug-likeness (QED) is 0.849. The molecule has 1 aromatic carbocycles. The maximum absolute atomic E-state index is 13.2. The average molecular weight is 286 g/mol. The van der Waals surface area contributed by atoms with Crippen molar-refractivity contribution in [1.82, 2.24) is 0 Å². The van der Waals surface area contributed by atoms with E-state index in [9.17, 15) is 17.6 Å². The summed E-state index contributed by atoms with van der Waals surface area (Å²) in [5.74, 6) is -6.13. The second-order valence-corrected chi connectivity index (χ2v) is 3.90. The summed E-state index contributed by atoms with van der Waals surface area (Å²) in [6.45, 7) is -0.345. The summed E-state index contributed by atoms with van der Waals surface area (Å²) in [6, 6.07) is 1.59. The standard InChI is InChI=1S/C9H8BrF4N/c10-5-3-6(11)8(7(12)4-5)9(13,14)1-2-15/h3-4H,1-2,15H2. The highest BCUT2D eigenvalue weighted by Gasteiger charge is 2.36. The minimum atomic E-state index is -3.58. The predicted molar refractivity (Wildman–Crippen MR) is 51.6 cm³/mol. The molecule has 0 unspecified atom stereocenters. The first-order chi connectivity index (χ1) is 6.88. The molecule has 6 heteroatoms. The molecule has 0 bridgehead atoms. The van der Waals surface area contributed by atoms with Crippen LogP contribution in [0.1, 0.15) is 12.0 Å². The van der Waals surface area contributed by atoms with Gasteiger partial charge in [0.05, 0.1) is 5.56 Å². The molecule has 0 aliphatic carbocycles. The van der Waals surface area contributed by atoms with Crippen molar-refractivity contribution in [2.45, 2.75) is 12.3 Å². The molecule has 0 saturated carbocycles. The molecule has 0 spiro atoms. The number of hydrogen-bond acceptors (Lipinski definition) is 1. The molecule has 0 aliphatic heterocycles. The van der Waals surface area contributed by atoms with Gasteiger partial charge in [-0.2, -0.15) is 0 Å². The first kappa shape index (κ1) is 12.4. The summed E-state index contributed by atoms with van der Waals surface area (Å²) in [5, 5.41) is 0. The topological polar surface area (TPSA) is 26.0 Å². The molecule has 0 aliphatic rings. The SMILES string of the molecule is NCCC(F)(F)c1c(F)cc(Br)cc1F. The van der Waals surface area contributed by atoms with E-state index in [4.69, 9.17) is 5.73 Å². The Labute approximate surface area is 92.4 Å². The zero-order chi connectivity index (χ0) is 11.6. The predicted octanol–water partition coefficient (Wildman–Crippen LogP) is 3.17. The summed E-state index contributed by atoms with van der Waals surface area (Å²) < 4.78 is 52.8. The molecule has 1 aromatic rings. The summed E-state index contributed by atoms with van der Waals surface area (Å²) >= 11 is 2.80. The van der Waals surface area contributed by atoms with Gasteiger partial charge in [-0.1, -0.05) is 15.9 Å². The lowest BCUT2D eigenvalue weighted by atomic mass is 10.0. The van der Waals surface area contributed by atoms with Gasteiger partial charge in [-0.25, -0.2) is 17.6 Å². The van der Waals surface area contributed by atoms with E-state index >= 15 is 0 Å². The van der Waals surface area contributed by atoms with Crippen molar-refractivity contribution >= 4 is 15.9 Å². The monoisotopic (exact) mass is 285 g/mol.